The van der Waals surface area contributed by atoms with E-state index in [2.05, 4.69) is 0 Å². The number of ether oxygens (including phenoxy) is 1. The molecule has 0 amide bonds. The Morgan fingerprint density at radius 2 is 2.00 bits per heavy atom. The molecule has 1 saturated carbocycles. The van der Waals surface area contributed by atoms with Crippen molar-refractivity contribution in [1.82, 2.24) is 0 Å². The maximum absolute atomic E-state index is 12.5. The van der Waals surface area contributed by atoms with E-state index in [1.165, 1.54) is 6.07 Å². The Labute approximate surface area is 130 Å². The molecule has 1 aliphatic rings. The van der Waals surface area contributed by atoms with Gasteiger partial charge in [0.25, 0.3) is 5.69 Å². The van der Waals surface area contributed by atoms with Gasteiger partial charge in [-0.2, -0.15) is 0 Å². The van der Waals surface area contributed by atoms with Crippen LogP contribution in [0.5, 0.6) is 0 Å². The van der Waals surface area contributed by atoms with Crippen molar-refractivity contribution >= 4 is 11.7 Å². The van der Waals surface area contributed by atoms with E-state index >= 15 is 0 Å². The lowest BCUT2D eigenvalue weighted by atomic mass is 9.65. The highest BCUT2D eigenvalue weighted by atomic mass is 16.6. The Morgan fingerprint density at radius 1 is 1.36 bits per heavy atom. The van der Waals surface area contributed by atoms with Gasteiger partial charge in [-0.1, -0.05) is 18.6 Å². The minimum atomic E-state index is -0.521. The van der Waals surface area contributed by atoms with Crippen LogP contribution in [0, 0.1) is 22.5 Å². The molecule has 0 N–H and O–H groups in total. The molecular weight excluding hydrogens is 282 g/mol. The van der Waals surface area contributed by atoms with Gasteiger partial charge in [-0.25, -0.2) is 0 Å². The molecular formula is C17H23NO4. The zero-order valence-electron chi connectivity index (χ0n) is 13.6. The third-order valence-electron chi connectivity index (χ3n) is 4.29. The van der Waals surface area contributed by atoms with Crippen LogP contribution in [-0.4, -0.2) is 16.5 Å². The van der Waals surface area contributed by atoms with Crippen LogP contribution in [0.15, 0.2) is 18.2 Å². The van der Waals surface area contributed by atoms with Crippen LogP contribution in [0.3, 0.4) is 0 Å². The van der Waals surface area contributed by atoms with Crippen LogP contribution in [0.4, 0.5) is 5.69 Å². The van der Waals surface area contributed by atoms with Crippen molar-refractivity contribution in [3.8, 4) is 0 Å². The van der Waals surface area contributed by atoms with Crippen LogP contribution >= 0.6 is 0 Å². The Kier molecular flexibility index (Phi) is 4.27. The summed E-state index contributed by atoms with van der Waals surface area (Å²) >= 11 is 0. The van der Waals surface area contributed by atoms with E-state index in [1.807, 2.05) is 26.8 Å². The van der Waals surface area contributed by atoms with Crippen molar-refractivity contribution < 1.29 is 14.5 Å². The molecule has 1 aliphatic carbocycles. The molecule has 0 unspecified atom stereocenters. The van der Waals surface area contributed by atoms with Crippen molar-refractivity contribution in [2.24, 2.45) is 5.41 Å². The summed E-state index contributed by atoms with van der Waals surface area (Å²) in [5, 5.41) is 11.1. The van der Waals surface area contributed by atoms with E-state index in [-0.39, 0.29) is 16.6 Å². The van der Waals surface area contributed by atoms with Crippen molar-refractivity contribution in [1.29, 1.82) is 0 Å². The first-order valence-corrected chi connectivity index (χ1v) is 7.61. The highest BCUT2D eigenvalue weighted by molar-refractivity contribution is 5.79. The first-order chi connectivity index (χ1) is 10.1. The fourth-order valence-electron chi connectivity index (χ4n) is 2.87. The molecule has 1 aromatic carbocycles. The minimum absolute atomic E-state index is 0.108. The van der Waals surface area contributed by atoms with Gasteiger partial charge >= 0.3 is 5.97 Å². The van der Waals surface area contributed by atoms with Crippen molar-refractivity contribution in [2.45, 2.75) is 59.0 Å². The molecule has 22 heavy (non-hydrogen) atoms. The Bertz CT molecular complexity index is 597. The molecule has 2 rings (SSSR count). The number of nitro groups is 1. The molecule has 0 bridgehead atoms. The average Bonchev–Trinajstić information content (AvgIpc) is 2.32. The van der Waals surface area contributed by atoms with Crippen LogP contribution in [-0.2, 0) is 16.0 Å². The van der Waals surface area contributed by atoms with E-state index in [9.17, 15) is 14.9 Å². The number of rotatable bonds is 4. The molecule has 120 valence electrons. The monoisotopic (exact) mass is 305 g/mol. The first-order valence-electron chi connectivity index (χ1n) is 7.61. The van der Waals surface area contributed by atoms with E-state index in [0.29, 0.717) is 12.0 Å². The van der Waals surface area contributed by atoms with Crippen LogP contribution in [0.1, 0.15) is 51.2 Å². The number of carbonyl (C=O) groups is 1. The molecule has 1 aromatic rings. The summed E-state index contributed by atoms with van der Waals surface area (Å²) in [6, 6.07) is 5.05. The second-order valence-corrected chi connectivity index (χ2v) is 7.13. The minimum Gasteiger partial charge on any atom is -0.460 e. The Balaban J connectivity index is 2.26. The van der Waals surface area contributed by atoms with Gasteiger partial charge in [0, 0.05) is 11.6 Å². The van der Waals surface area contributed by atoms with Gasteiger partial charge in [0.1, 0.15) is 5.60 Å². The highest BCUT2D eigenvalue weighted by Gasteiger charge is 2.47. The standard InChI is InChI=1S/C17H23NO4/c1-12-13(7-5-8-14(12)18(20)21)11-17(9-6-10-17)15(19)22-16(2,3)4/h5,7-8H,6,9-11H2,1-4H3. The fourth-order valence-corrected chi connectivity index (χ4v) is 2.87. The lowest BCUT2D eigenvalue weighted by molar-refractivity contribution is -0.385. The molecule has 0 heterocycles. The quantitative estimate of drug-likeness (QED) is 0.479. The number of carbonyl (C=O) groups excluding carboxylic acids is 1. The summed E-state index contributed by atoms with van der Waals surface area (Å²) in [5.41, 5.74) is 0.572. The molecule has 0 radical (unpaired) electrons. The second-order valence-electron chi connectivity index (χ2n) is 7.13. The van der Waals surface area contributed by atoms with E-state index in [0.717, 1.165) is 24.8 Å². The number of hydrogen-bond donors (Lipinski definition) is 0. The molecule has 0 atom stereocenters. The Morgan fingerprint density at radius 3 is 2.45 bits per heavy atom. The zero-order valence-corrected chi connectivity index (χ0v) is 13.6. The van der Waals surface area contributed by atoms with Gasteiger partial charge < -0.3 is 4.74 Å². The summed E-state index contributed by atoms with van der Waals surface area (Å²) in [6.07, 6.45) is 3.07. The average molecular weight is 305 g/mol. The highest BCUT2D eigenvalue weighted by Crippen LogP contribution is 2.46. The SMILES string of the molecule is Cc1c(CC2(C(=O)OC(C)(C)C)CCC2)cccc1[N+](=O)[O-]. The van der Waals surface area contributed by atoms with Crippen molar-refractivity contribution in [3.05, 3.63) is 39.4 Å². The first kappa shape index (κ1) is 16.5. The maximum Gasteiger partial charge on any atom is 0.312 e. The van der Waals surface area contributed by atoms with Crippen LogP contribution in [0.25, 0.3) is 0 Å². The molecule has 0 aliphatic heterocycles. The molecule has 0 aromatic heterocycles. The lowest BCUT2D eigenvalue weighted by Crippen LogP contribution is -2.44. The molecule has 5 nitrogen and oxygen atoms in total. The third kappa shape index (κ3) is 3.29. The Hall–Kier alpha value is -1.91. The smallest absolute Gasteiger partial charge is 0.312 e. The summed E-state index contributed by atoms with van der Waals surface area (Å²) in [5.74, 6) is -0.183. The number of hydrogen-bond acceptors (Lipinski definition) is 4. The van der Waals surface area contributed by atoms with Gasteiger partial charge in [0.05, 0.1) is 10.3 Å². The molecule has 1 fully saturated rings. The zero-order chi connectivity index (χ0) is 16.5. The second kappa shape index (κ2) is 5.71. The molecule has 5 heteroatoms. The summed E-state index contributed by atoms with van der Waals surface area (Å²) < 4.78 is 5.56. The predicted molar refractivity (Wildman–Crippen MR) is 83.7 cm³/mol. The number of nitrogens with zero attached hydrogens (tertiary/aromatic N) is 1. The number of benzene rings is 1. The van der Waals surface area contributed by atoms with E-state index in [1.54, 1.807) is 13.0 Å². The third-order valence-corrected chi connectivity index (χ3v) is 4.29. The lowest BCUT2D eigenvalue weighted by Gasteiger charge is -2.41. The topological polar surface area (TPSA) is 69.4 Å². The van der Waals surface area contributed by atoms with Gasteiger partial charge in [-0.15, -0.1) is 0 Å². The number of esters is 1. The summed E-state index contributed by atoms with van der Waals surface area (Å²) in [6.45, 7) is 7.32. The summed E-state index contributed by atoms with van der Waals surface area (Å²) in [7, 11) is 0. The van der Waals surface area contributed by atoms with Gasteiger partial charge in [0.15, 0.2) is 0 Å². The van der Waals surface area contributed by atoms with E-state index in [4.69, 9.17) is 4.74 Å². The predicted octanol–water partition coefficient (Wildman–Crippen LogP) is 3.96. The van der Waals surface area contributed by atoms with E-state index < -0.39 is 11.0 Å². The fraction of sp³-hybridized carbons (Fsp3) is 0.588. The molecule has 0 spiro atoms. The van der Waals surface area contributed by atoms with Gasteiger partial charge in [-0.05, 0) is 52.5 Å². The largest absolute Gasteiger partial charge is 0.460 e. The van der Waals surface area contributed by atoms with Crippen LogP contribution < -0.4 is 0 Å². The molecule has 0 saturated heterocycles. The normalized spacial score (nSPS) is 16.7. The maximum atomic E-state index is 12.5. The van der Waals surface area contributed by atoms with Gasteiger partial charge in [0.2, 0.25) is 0 Å². The summed E-state index contributed by atoms with van der Waals surface area (Å²) in [4.78, 5) is 23.2. The van der Waals surface area contributed by atoms with Crippen molar-refractivity contribution in [2.75, 3.05) is 0 Å². The van der Waals surface area contributed by atoms with Crippen molar-refractivity contribution in [3.63, 3.8) is 0 Å². The van der Waals surface area contributed by atoms with Gasteiger partial charge in [-0.3, -0.25) is 14.9 Å². The van der Waals surface area contributed by atoms with Crippen LogP contribution in [0.2, 0.25) is 0 Å². The number of nitro benzene ring substituents is 1.